The van der Waals surface area contributed by atoms with Gasteiger partial charge in [0.1, 0.15) is 5.82 Å². The number of rotatable bonds is 6. The predicted octanol–water partition coefficient (Wildman–Crippen LogP) is 2.47. The van der Waals surface area contributed by atoms with E-state index in [4.69, 9.17) is 0 Å². The maximum atomic E-state index is 13.5. The lowest BCUT2D eigenvalue weighted by Gasteiger charge is -2.32. The Morgan fingerprint density at radius 1 is 1.26 bits per heavy atom. The summed E-state index contributed by atoms with van der Waals surface area (Å²) in [4.78, 5) is 13.2. The summed E-state index contributed by atoms with van der Waals surface area (Å²) in [5.41, 5.74) is 0.995. The van der Waals surface area contributed by atoms with Gasteiger partial charge in [0.15, 0.2) is 0 Å². The Morgan fingerprint density at radius 3 is 2.48 bits per heavy atom. The minimum absolute atomic E-state index is 0.0557. The molecule has 0 spiro atoms. The molecular weight excluding hydrogens is 293 g/mol. The summed E-state index contributed by atoms with van der Waals surface area (Å²) in [5.74, 6) is -0.134. The first-order valence-electron chi connectivity index (χ1n) is 8.38. The number of halogens is 1. The normalized spacial score (nSPS) is 22.8. The van der Waals surface area contributed by atoms with E-state index < -0.39 is 0 Å². The molecule has 0 aliphatic heterocycles. The maximum Gasteiger partial charge on any atom is 0.217 e. The van der Waals surface area contributed by atoms with Crippen molar-refractivity contribution in [3.63, 3.8) is 0 Å². The van der Waals surface area contributed by atoms with Crippen molar-refractivity contribution in [3.05, 3.63) is 35.6 Å². The topological polar surface area (TPSA) is 44.4 Å². The number of carbonyl (C=O) groups is 1. The number of hydrogen-bond acceptors (Lipinski definition) is 3. The number of nitrogens with one attached hydrogen (secondary N) is 2. The highest BCUT2D eigenvalue weighted by molar-refractivity contribution is 5.73. The molecule has 0 unspecified atom stereocenters. The highest BCUT2D eigenvalue weighted by Gasteiger charge is 2.23. The third-order valence-corrected chi connectivity index (χ3v) is 4.59. The van der Waals surface area contributed by atoms with Crippen LogP contribution in [0.15, 0.2) is 24.3 Å². The van der Waals surface area contributed by atoms with Gasteiger partial charge in [-0.25, -0.2) is 4.39 Å². The van der Waals surface area contributed by atoms with Crippen molar-refractivity contribution in [2.45, 2.75) is 50.7 Å². The smallest absolute Gasteiger partial charge is 0.217 e. The van der Waals surface area contributed by atoms with Crippen LogP contribution in [-0.2, 0) is 4.79 Å². The third-order valence-electron chi connectivity index (χ3n) is 4.59. The van der Waals surface area contributed by atoms with Crippen molar-refractivity contribution < 1.29 is 9.18 Å². The van der Waals surface area contributed by atoms with Gasteiger partial charge in [0.25, 0.3) is 0 Å². The molecule has 2 N–H and O–H groups in total. The van der Waals surface area contributed by atoms with E-state index >= 15 is 0 Å². The van der Waals surface area contributed by atoms with Crippen molar-refractivity contribution in [2.24, 2.45) is 0 Å². The fourth-order valence-corrected chi connectivity index (χ4v) is 3.32. The Balaban J connectivity index is 1.85. The molecule has 128 valence electrons. The molecule has 2 rings (SSSR count). The Bertz CT molecular complexity index is 513. The van der Waals surface area contributed by atoms with Gasteiger partial charge in [-0.05, 0) is 57.5 Å². The van der Waals surface area contributed by atoms with E-state index in [0.717, 1.165) is 37.8 Å². The van der Waals surface area contributed by atoms with E-state index in [-0.39, 0.29) is 17.8 Å². The van der Waals surface area contributed by atoms with Crippen LogP contribution in [0.2, 0.25) is 0 Å². The van der Waals surface area contributed by atoms with Gasteiger partial charge in [-0.2, -0.15) is 0 Å². The van der Waals surface area contributed by atoms with Crippen molar-refractivity contribution in [1.82, 2.24) is 15.5 Å². The number of benzene rings is 1. The van der Waals surface area contributed by atoms with Gasteiger partial charge in [0.2, 0.25) is 5.91 Å². The lowest BCUT2D eigenvalue weighted by Crippen LogP contribution is -2.43. The molecule has 0 radical (unpaired) electrons. The van der Waals surface area contributed by atoms with Gasteiger partial charge in [0.05, 0.1) is 0 Å². The van der Waals surface area contributed by atoms with Crippen LogP contribution in [0.4, 0.5) is 4.39 Å². The molecule has 1 aliphatic carbocycles. The van der Waals surface area contributed by atoms with Crippen LogP contribution in [0, 0.1) is 5.82 Å². The summed E-state index contributed by atoms with van der Waals surface area (Å²) < 4.78 is 13.5. The van der Waals surface area contributed by atoms with E-state index in [1.54, 1.807) is 19.1 Å². The van der Waals surface area contributed by atoms with Crippen molar-refractivity contribution in [3.8, 4) is 0 Å². The molecule has 1 aromatic carbocycles. The summed E-state index contributed by atoms with van der Waals surface area (Å²) >= 11 is 0. The number of amides is 1. The van der Waals surface area contributed by atoms with Crippen LogP contribution in [0.3, 0.4) is 0 Å². The van der Waals surface area contributed by atoms with Crippen LogP contribution in [0.1, 0.15) is 44.2 Å². The molecule has 1 aliphatic rings. The highest BCUT2D eigenvalue weighted by Crippen LogP contribution is 2.22. The van der Waals surface area contributed by atoms with Gasteiger partial charge in [-0.3, -0.25) is 4.79 Å². The molecule has 1 saturated carbocycles. The average Bonchev–Trinajstić information content (AvgIpc) is 2.48. The Hall–Kier alpha value is -1.46. The number of nitrogens with zero attached hydrogens (tertiary/aromatic N) is 1. The summed E-state index contributed by atoms with van der Waals surface area (Å²) in [7, 11) is 4.04. The molecule has 4 nitrogen and oxygen atoms in total. The largest absolute Gasteiger partial charge is 0.354 e. The summed E-state index contributed by atoms with van der Waals surface area (Å²) in [6.45, 7) is 2.37. The average molecular weight is 321 g/mol. The first-order valence-corrected chi connectivity index (χ1v) is 8.38. The van der Waals surface area contributed by atoms with Gasteiger partial charge >= 0.3 is 0 Å². The second kappa shape index (κ2) is 8.41. The van der Waals surface area contributed by atoms with Crippen LogP contribution in [-0.4, -0.2) is 43.5 Å². The molecule has 1 aromatic rings. The Kier molecular flexibility index (Phi) is 6.54. The lowest BCUT2D eigenvalue weighted by molar-refractivity contribution is -0.119. The Morgan fingerprint density at radius 2 is 1.91 bits per heavy atom. The van der Waals surface area contributed by atoms with Crippen LogP contribution in [0.5, 0.6) is 0 Å². The number of likely N-dealkylation sites (N-methyl/N-ethyl adjacent to an activating group) is 1. The zero-order chi connectivity index (χ0) is 16.8. The summed E-state index contributed by atoms with van der Waals surface area (Å²) in [6.07, 6.45) is 4.16. The second-order valence-electron chi connectivity index (χ2n) is 6.69. The predicted molar refractivity (Wildman–Crippen MR) is 90.7 cm³/mol. The lowest BCUT2D eigenvalue weighted by atomic mass is 9.91. The standard InChI is InChI=1S/C18H28FN3O/c1-13(23)21-17-9-7-16(8-10-17)20-12-18(22(2)3)14-5-4-6-15(19)11-14/h4-6,11,16-18,20H,7-10,12H2,1-3H3,(H,21,23)/t16?,17?,18-/m1/s1. The van der Waals surface area contributed by atoms with Crippen molar-refractivity contribution in [1.29, 1.82) is 0 Å². The molecule has 0 heterocycles. The van der Waals surface area contributed by atoms with Gasteiger partial charge < -0.3 is 15.5 Å². The Labute approximate surface area is 138 Å². The maximum absolute atomic E-state index is 13.5. The van der Waals surface area contributed by atoms with E-state index in [0.29, 0.717) is 12.1 Å². The SMILES string of the molecule is CC(=O)NC1CCC(NC[C@H](c2cccc(F)c2)N(C)C)CC1. The van der Waals surface area contributed by atoms with Gasteiger partial charge in [-0.15, -0.1) is 0 Å². The van der Waals surface area contributed by atoms with E-state index in [2.05, 4.69) is 15.5 Å². The number of hydrogen-bond donors (Lipinski definition) is 2. The minimum atomic E-state index is -0.190. The molecule has 1 amide bonds. The molecule has 23 heavy (non-hydrogen) atoms. The van der Waals surface area contributed by atoms with Gasteiger partial charge in [-0.1, -0.05) is 12.1 Å². The van der Waals surface area contributed by atoms with E-state index in [1.165, 1.54) is 6.07 Å². The quantitative estimate of drug-likeness (QED) is 0.846. The van der Waals surface area contributed by atoms with Gasteiger partial charge in [0, 0.05) is 31.6 Å². The van der Waals surface area contributed by atoms with Crippen LogP contribution >= 0.6 is 0 Å². The zero-order valence-corrected chi connectivity index (χ0v) is 14.3. The minimum Gasteiger partial charge on any atom is -0.354 e. The number of carbonyl (C=O) groups excluding carboxylic acids is 1. The second-order valence-corrected chi connectivity index (χ2v) is 6.69. The first-order chi connectivity index (χ1) is 11.0. The molecule has 0 aromatic heterocycles. The highest BCUT2D eigenvalue weighted by atomic mass is 19.1. The molecule has 1 atom stereocenters. The summed E-state index contributed by atoms with van der Waals surface area (Å²) in [5, 5.41) is 6.62. The van der Waals surface area contributed by atoms with E-state index in [9.17, 15) is 9.18 Å². The van der Waals surface area contributed by atoms with Crippen LogP contribution in [0.25, 0.3) is 0 Å². The molecule has 0 saturated heterocycles. The van der Waals surface area contributed by atoms with Crippen molar-refractivity contribution >= 4 is 5.91 Å². The van der Waals surface area contributed by atoms with Crippen LogP contribution < -0.4 is 10.6 Å². The first kappa shape index (κ1) is 17.9. The monoisotopic (exact) mass is 321 g/mol. The van der Waals surface area contributed by atoms with Crippen molar-refractivity contribution in [2.75, 3.05) is 20.6 Å². The molecule has 5 heteroatoms. The molecule has 0 bridgehead atoms. The third kappa shape index (κ3) is 5.59. The summed E-state index contributed by atoms with van der Waals surface area (Å²) in [6, 6.07) is 7.77. The van der Waals surface area contributed by atoms with E-state index in [1.807, 2.05) is 20.2 Å². The molecule has 1 fully saturated rings. The fourth-order valence-electron chi connectivity index (χ4n) is 3.32. The zero-order valence-electron chi connectivity index (χ0n) is 14.3. The molecular formula is C18H28FN3O. The fraction of sp³-hybridized carbons (Fsp3) is 0.611.